The molecule has 0 fully saturated rings. The fourth-order valence-corrected chi connectivity index (χ4v) is 2.86. The van der Waals surface area contributed by atoms with Crippen molar-refractivity contribution in [1.29, 1.82) is 0 Å². The Hall–Kier alpha value is -3.60. The summed E-state index contributed by atoms with van der Waals surface area (Å²) in [5.41, 5.74) is 2.86. The molecule has 4 rings (SSSR count). The topological polar surface area (TPSA) is 42.0 Å². The maximum atomic E-state index is 13.2. The van der Waals surface area contributed by atoms with Gasteiger partial charge >= 0.3 is 0 Å². The van der Waals surface area contributed by atoms with Crippen molar-refractivity contribution >= 4 is 22.5 Å². The molecule has 0 spiro atoms. The van der Waals surface area contributed by atoms with Gasteiger partial charge in [0.05, 0.1) is 16.8 Å². The smallest absolute Gasteiger partial charge is 0.256 e. The third-order valence-electron chi connectivity index (χ3n) is 4.20. The van der Waals surface area contributed by atoms with Gasteiger partial charge in [-0.3, -0.25) is 4.79 Å². The van der Waals surface area contributed by atoms with E-state index < -0.39 is 0 Å². The Morgan fingerprint density at radius 2 is 1.44 bits per heavy atom. The van der Waals surface area contributed by atoms with Gasteiger partial charge in [0, 0.05) is 16.6 Å². The molecule has 1 amide bonds. The van der Waals surface area contributed by atoms with Crippen molar-refractivity contribution in [3.05, 3.63) is 96.1 Å². The molecular formula is C22H14F2N2O. The minimum Gasteiger partial charge on any atom is -0.322 e. The summed E-state index contributed by atoms with van der Waals surface area (Å²) in [5.74, 6) is -1.04. The van der Waals surface area contributed by atoms with Crippen LogP contribution in [0.3, 0.4) is 0 Å². The highest BCUT2D eigenvalue weighted by molar-refractivity contribution is 6.13. The number of benzene rings is 3. The third kappa shape index (κ3) is 3.53. The van der Waals surface area contributed by atoms with Gasteiger partial charge in [-0.05, 0) is 60.7 Å². The Bertz CT molecular complexity index is 1120. The summed E-state index contributed by atoms with van der Waals surface area (Å²) < 4.78 is 26.3. The van der Waals surface area contributed by atoms with Crippen LogP contribution in [0.5, 0.6) is 0 Å². The van der Waals surface area contributed by atoms with E-state index in [9.17, 15) is 13.6 Å². The second kappa shape index (κ2) is 6.96. The number of carbonyl (C=O) groups excluding carboxylic acids is 1. The van der Waals surface area contributed by atoms with Crippen LogP contribution in [-0.4, -0.2) is 10.9 Å². The van der Waals surface area contributed by atoms with E-state index in [0.29, 0.717) is 33.4 Å². The van der Waals surface area contributed by atoms with Crippen LogP contribution in [-0.2, 0) is 0 Å². The minimum absolute atomic E-state index is 0.330. The molecule has 1 heterocycles. The second-order valence-corrected chi connectivity index (χ2v) is 6.04. The van der Waals surface area contributed by atoms with Crippen molar-refractivity contribution in [2.24, 2.45) is 0 Å². The van der Waals surface area contributed by atoms with Gasteiger partial charge < -0.3 is 5.32 Å². The van der Waals surface area contributed by atoms with E-state index in [2.05, 4.69) is 10.3 Å². The van der Waals surface area contributed by atoms with Crippen LogP contribution in [0.15, 0.2) is 78.9 Å². The summed E-state index contributed by atoms with van der Waals surface area (Å²) in [6.45, 7) is 0. The number of rotatable bonds is 3. The molecule has 0 bridgehead atoms. The van der Waals surface area contributed by atoms with Crippen molar-refractivity contribution < 1.29 is 13.6 Å². The van der Waals surface area contributed by atoms with Crippen molar-refractivity contribution in [3.8, 4) is 11.3 Å². The molecule has 1 aromatic heterocycles. The van der Waals surface area contributed by atoms with Gasteiger partial charge in [-0.2, -0.15) is 0 Å². The van der Waals surface area contributed by atoms with Crippen LogP contribution in [0.4, 0.5) is 14.5 Å². The second-order valence-electron chi connectivity index (χ2n) is 6.04. The molecule has 0 aliphatic heterocycles. The molecule has 0 unspecified atom stereocenters. The van der Waals surface area contributed by atoms with Crippen molar-refractivity contribution in [2.45, 2.75) is 0 Å². The van der Waals surface area contributed by atoms with Crippen LogP contribution < -0.4 is 5.32 Å². The highest BCUT2D eigenvalue weighted by atomic mass is 19.1. The summed E-state index contributed by atoms with van der Waals surface area (Å²) in [6, 6.07) is 20.5. The highest BCUT2D eigenvalue weighted by Crippen LogP contribution is 2.26. The zero-order valence-corrected chi connectivity index (χ0v) is 14.1. The van der Waals surface area contributed by atoms with E-state index in [4.69, 9.17) is 0 Å². The number of amides is 1. The summed E-state index contributed by atoms with van der Waals surface area (Å²) in [4.78, 5) is 17.4. The highest BCUT2D eigenvalue weighted by Gasteiger charge is 2.14. The first kappa shape index (κ1) is 16.8. The SMILES string of the molecule is O=C(Nc1ccc(F)cc1)c1cc(-c2ccc(F)cc2)nc2ccccc12. The first-order chi connectivity index (χ1) is 13.1. The molecule has 0 radical (unpaired) electrons. The van der Waals surface area contributed by atoms with E-state index in [1.165, 1.54) is 36.4 Å². The molecule has 0 atom stereocenters. The number of aromatic nitrogens is 1. The van der Waals surface area contributed by atoms with Crippen LogP contribution in [0, 0.1) is 11.6 Å². The lowest BCUT2D eigenvalue weighted by Crippen LogP contribution is -2.13. The molecule has 1 N–H and O–H groups in total. The average Bonchev–Trinajstić information content (AvgIpc) is 2.69. The summed E-state index contributed by atoms with van der Waals surface area (Å²) in [7, 11) is 0. The van der Waals surface area contributed by atoms with Gasteiger partial charge in [0.1, 0.15) is 11.6 Å². The van der Waals surface area contributed by atoms with Gasteiger partial charge in [-0.25, -0.2) is 13.8 Å². The van der Waals surface area contributed by atoms with Gasteiger partial charge in [-0.1, -0.05) is 18.2 Å². The Morgan fingerprint density at radius 3 is 2.15 bits per heavy atom. The van der Waals surface area contributed by atoms with Crippen LogP contribution in [0.25, 0.3) is 22.2 Å². The molecule has 132 valence electrons. The molecular weight excluding hydrogens is 346 g/mol. The van der Waals surface area contributed by atoms with E-state index in [1.54, 1.807) is 18.2 Å². The number of anilines is 1. The number of nitrogens with one attached hydrogen (secondary N) is 1. The molecule has 0 aliphatic carbocycles. The Kier molecular flexibility index (Phi) is 4.34. The third-order valence-corrected chi connectivity index (χ3v) is 4.20. The van der Waals surface area contributed by atoms with E-state index in [0.717, 1.165) is 0 Å². The number of hydrogen-bond donors (Lipinski definition) is 1. The lowest BCUT2D eigenvalue weighted by Gasteiger charge is -2.11. The lowest BCUT2D eigenvalue weighted by molar-refractivity contribution is 0.102. The molecule has 0 saturated heterocycles. The molecule has 27 heavy (non-hydrogen) atoms. The van der Waals surface area contributed by atoms with Gasteiger partial charge in [0.2, 0.25) is 0 Å². The molecule has 0 saturated carbocycles. The number of para-hydroxylation sites is 1. The largest absolute Gasteiger partial charge is 0.322 e. The fourth-order valence-electron chi connectivity index (χ4n) is 2.86. The standard InChI is InChI=1S/C22H14F2N2O/c23-15-7-5-14(6-8-15)21-13-19(18-3-1-2-4-20(18)26-21)22(27)25-17-11-9-16(24)10-12-17/h1-13H,(H,25,27). The normalized spacial score (nSPS) is 10.7. The average molecular weight is 360 g/mol. The Labute approximate surface area is 154 Å². The van der Waals surface area contributed by atoms with Crippen molar-refractivity contribution in [2.75, 3.05) is 5.32 Å². The summed E-state index contributed by atoms with van der Waals surface area (Å²) in [6.07, 6.45) is 0. The number of nitrogens with zero attached hydrogens (tertiary/aromatic N) is 1. The number of hydrogen-bond acceptors (Lipinski definition) is 2. The minimum atomic E-state index is -0.374. The summed E-state index contributed by atoms with van der Waals surface area (Å²) >= 11 is 0. The first-order valence-corrected chi connectivity index (χ1v) is 8.33. The van der Waals surface area contributed by atoms with Crippen molar-refractivity contribution in [3.63, 3.8) is 0 Å². The molecule has 5 heteroatoms. The zero-order valence-electron chi connectivity index (χ0n) is 14.1. The first-order valence-electron chi connectivity index (χ1n) is 8.33. The van der Waals surface area contributed by atoms with Gasteiger partial charge in [0.25, 0.3) is 5.91 Å². The fraction of sp³-hybridized carbons (Fsp3) is 0. The van der Waals surface area contributed by atoms with Crippen LogP contribution >= 0.6 is 0 Å². The van der Waals surface area contributed by atoms with E-state index in [-0.39, 0.29) is 17.5 Å². The van der Waals surface area contributed by atoms with E-state index in [1.807, 2.05) is 24.3 Å². The number of carbonyl (C=O) groups is 1. The van der Waals surface area contributed by atoms with Crippen LogP contribution in [0.2, 0.25) is 0 Å². The summed E-state index contributed by atoms with van der Waals surface area (Å²) in [5, 5.41) is 3.47. The van der Waals surface area contributed by atoms with Crippen LogP contribution in [0.1, 0.15) is 10.4 Å². The van der Waals surface area contributed by atoms with Gasteiger partial charge in [-0.15, -0.1) is 0 Å². The Morgan fingerprint density at radius 1 is 0.815 bits per heavy atom. The predicted octanol–water partition coefficient (Wildman–Crippen LogP) is 5.43. The zero-order chi connectivity index (χ0) is 18.8. The quantitative estimate of drug-likeness (QED) is 0.529. The molecule has 4 aromatic rings. The Balaban J connectivity index is 1.79. The number of fused-ring (bicyclic) bond motifs is 1. The lowest BCUT2D eigenvalue weighted by atomic mass is 10.0. The van der Waals surface area contributed by atoms with Gasteiger partial charge in [0.15, 0.2) is 0 Å². The maximum Gasteiger partial charge on any atom is 0.256 e. The molecule has 3 nitrogen and oxygen atoms in total. The van der Waals surface area contributed by atoms with Crippen molar-refractivity contribution in [1.82, 2.24) is 4.98 Å². The number of halogens is 2. The predicted molar refractivity (Wildman–Crippen MR) is 101 cm³/mol. The molecule has 0 aliphatic rings. The molecule has 3 aromatic carbocycles. The van der Waals surface area contributed by atoms with E-state index >= 15 is 0 Å². The maximum absolute atomic E-state index is 13.2. The number of pyridine rings is 1. The monoisotopic (exact) mass is 360 g/mol.